The van der Waals surface area contributed by atoms with Crippen LogP contribution in [0.5, 0.6) is 0 Å². The first-order valence-corrected chi connectivity index (χ1v) is 6.21. The summed E-state index contributed by atoms with van der Waals surface area (Å²) >= 11 is 0. The number of anilines is 1. The minimum atomic E-state index is -0.0170. The summed E-state index contributed by atoms with van der Waals surface area (Å²) in [6, 6.07) is 6.01. The lowest BCUT2D eigenvalue weighted by Gasteiger charge is -2.15. The van der Waals surface area contributed by atoms with Crippen LogP contribution in [0.15, 0.2) is 18.2 Å². The fraction of sp³-hybridized carbons (Fsp3) is 0.500. The number of carbonyl (C=O) groups is 1. The van der Waals surface area contributed by atoms with Crippen LogP contribution in [0.3, 0.4) is 0 Å². The molecule has 1 aromatic carbocycles. The van der Waals surface area contributed by atoms with Gasteiger partial charge in [0.05, 0.1) is 5.92 Å². The first-order valence-electron chi connectivity index (χ1n) is 6.21. The highest BCUT2D eigenvalue weighted by Gasteiger charge is 2.30. The van der Waals surface area contributed by atoms with Gasteiger partial charge in [0.25, 0.3) is 0 Å². The van der Waals surface area contributed by atoms with Crippen molar-refractivity contribution in [1.82, 2.24) is 0 Å². The van der Waals surface area contributed by atoms with E-state index in [1.54, 1.807) is 0 Å². The number of aryl methyl sites for hydroxylation is 2. The monoisotopic (exact) mass is 232 g/mol. The van der Waals surface area contributed by atoms with Gasteiger partial charge in [-0.05, 0) is 49.9 Å². The summed E-state index contributed by atoms with van der Waals surface area (Å²) < 4.78 is 0. The van der Waals surface area contributed by atoms with Gasteiger partial charge in [0, 0.05) is 11.7 Å². The Kier molecular flexibility index (Phi) is 3.48. The van der Waals surface area contributed by atoms with Gasteiger partial charge in [-0.2, -0.15) is 0 Å². The maximum absolute atomic E-state index is 12.0. The quantitative estimate of drug-likeness (QED) is 0.822. The Morgan fingerprint density at radius 1 is 1.29 bits per heavy atom. The lowest BCUT2D eigenvalue weighted by Crippen LogP contribution is -2.34. The molecular formula is C14H20N2O. The number of nitrogens with one attached hydrogen (secondary N) is 1. The Balaban J connectivity index is 2.05. The van der Waals surface area contributed by atoms with Crippen molar-refractivity contribution in [2.45, 2.75) is 39.2 Å². The molecule has 1 aliphatic rings. The third-order valence-electron chi connectivity index (χ3n) is 3.68. The molecule has 2 atom stereocenters. The van der Waals surface area contributed by atoms with Gasteiger partial charge in [-0.25, -0.2) is 0 Å². The second-order valence-corrected chi connectivity index (χ2v) is 4.99. The molecule has 92 valence electrons. The Labute approximate surface area is 102 Å². The van der Waals surface area contributed by atoms with Gasteiger partial charge >= 0.3 is 0 Å². The van der Waals surface area contributed by atoms with E-state index in [9.17, 15) is 4.79 Å². The van der Waals surface area contributed by atoms with E-state index >= 15 is 0 Å². The van der Waals surface area contributed by atoms with E-state index in [4.69, 9.17) is 5.73 Å². The first-order chi connectivity index (χ1) is 8.08. The van der Waals surface area contributed by atoms with Gasteiger partial charge in [-0.15, -0.1) is 0 Å². The van der Waals surface area contributed by atoms with Crippen LogP contribution >= 0.6 is 0 Å². The van der Waals surface area contributed by atoms with E-state index < -0.39 is 0 Å². The predicted molar refractivity (Wildman–Crippen MR) is 69.9 cm³/mol. The van der Waals surface area contributed by atoms with Crippen LogP contribution in [0, 0.1) is 19.8 Å². The fourth-order valence-electron chi connectivity index (χ4n) is 2.37. The minimum Gasteiger partial charge on any atom is -0.327 e. The molecule has 1 aliphatic carbocycles. The van der Waals surface area contributed by atoms with Crippen molar-refractivity contribution in [2.75, 3.05) is 5.32 Å². The molecule has 2 rings (SSSR count). The summed E-state index contributed by atoms with van der Waals surface area (Å²) in [5.74, 6) is 0.0508. The highest BCUT2D eigenvalue weighted by atomic mass is 16.1. The molecule has 0 spiro atoms. The van der Waals surface area contributed by atoms with E-state index in [-0.39, 0.29) is 17.9 Å². The summed E-state index contributed by atoms with van der Waals surface area (Å²) in [7, 11) is 0. The summed E-state index contributed by atoms with van der Waals surface area (Å²) in [4.78, 5) is 12.0. The number of carbonyl (C=O) groups excluding carboxylic acids is 1. The standard InChI is InChI=1S/C14H20N2O/c1-9-6-7-11(8-10(9)2)16-14(17)12-4-3-5-13(12)15/h6-8,12-13H,3-5,15H2,1-2H3,(H,16,17). The largest absolute Gasteiger partial charge is 0.327 e. The second-order valence-electron chi connectivity index (χ2n) is 4.99. The summed E-state index contributed by atoms with van der Waals surface area (Å²) in [5.41, 5.74) is 9.23. The van der Waals surface area contributed by atoms with Crippen LogP contribution in [0.25, 0.3) is 0 Å². The Morgan fingerprint density at radius 2 is 2.06 bits per heavy atom. The maximum atomic E-state index is 12.0. The molecule has 0 bridgehead atoms. The van der Waals surface area contributed by atoms with E-state index in [0.717, 1.165) is 24.9 Å². The highest BCUT2D eigenvalue weighted by Crippen LogP contribution is 2.25. The fourth-order valence-corrected chi connectivity index (χ4v) is 2.37. The van der Waals surface area contributed by atoms with Crippen molar-refractivity contribution in [2.24, 2.45) is 11.7 Å². The van der Waals surface area contributed by atoms with Crippen LogP contribution in [-0.4, -0.2) is 11.9 Å². The van der Waals surface area contributed by atoms with Crippen molar-refractivity contribution in [3.05, 3.63) is 29.3 Å². The van der Waals surface area contributed by atoms with Gasteiger partial charge in [0.1, 0.15) is 0 Å². The molecule has 2 unspecified atom stereocenters. The van der Waals surface area contributed by atoms with E-state index in [1.165, 1.54) is 11.1 Å². The lowest BCUT2D eigenvalue weighted by atomic mass is 10.0. The van der Waals surface area contributed by atoms with Crippen molar-refractivity contribution >= 4 is 11.6 Å². The number of benzene rings is 1. The molecule has 0 aromatic heterocycles. The molecule has 1 fully saturated rings. The number of rotatable bonds is 2. The van der Waals surface area contributed by atoms with Crippen molar-refractivity contribution in [3.8, 4) is 0 Å². The van der Waals surface area contributed by atoms with Crippen LogP contribution in [0.2, 0.25) is 0 Å². The number of nitrogens with two attached hydrogens (primary N) is 1. The molecular weight excluding hydrogens is 212 g/mol. The predicted octanol–water partition coefficient (Wildman–Crippen LogP) is 2.37. The number of hydrogen-bond acceptors (Lipinski definition) is 2. The first kappa shape index (κ1) is 12.1. The van der Waals surface area contributed by atoms with Crippen LogP contribution in [0.4, 0.5) is 5.69 Å². The van der Waals surface area contributed by atoms with Gasteiger partial charge < -0.3 is 11.1 Å². The normalized spacial score (nSPS) is 23.7. The zero-order chi connectivity index (χ0) is 12.4. The zero-order valence-electron chi connectivity index (χ0n) is 10.5. The summed E-state index contributed by atoms with van der Waals surface area (Å²) in [6.45, 7) is 4.11. The Morgan fingerprint density at radius 3 is 2.65 bits per heavy atom. The molecule has 0 heterocycles. The van der Waals surface area contributed by atoms with Crippen LogP contribution in [0.1, 0.15) is 30.4 Å². The molecule has 1 saturated carbocycles. The summed E-state index contributed by atoms with van der Waals surface area (Å²) in [6.07, 6.45) is 2.94. The van der Waals surface area contributed by atoms with Gasteiger partial charge in [0.2, 0.25) is 5.91 Å². The van der Waals surface area contributed by atoms with Gasteiger partial charge in [-0.3, -0.25) is 4.79 Å². The summed E-state index contributed by atoms with van der Waals surface area (Å²) in [5, 5.41) is 2.96. The molecule has 3 nitrogen and oxygen atoms in total. The minimum absolute atomic E-state index is 0.0170. The Bertz CT molecular complexity index is 428. The highest BCUT2D eigenvalue weighted by molar-refractivity contribution is 5.93. The Hall–Kier alpha value is -1.35. The maximum Gasteiger partial charge on any atom is 0.229 e. The lowest BCUT2D eigenvalue weighted by molar-refractivity contribution is -0.120. The molecule has 0 aliphatic heterocycles. The molecule has 1 aromatic rings. The average Bonchev–Trinajstić information content (AvgIpc) is 2.70. The molecule has 1 amide bonds. The van der Waals surface area contributed by atoms with Crippen molar-refractivity contribution < 1.29 is 4.79 Å². The van der Waals surface area contributed by atoms with Crippen LogP contribution < -0.4 is 11.1 Å². The molecule has 0 saturated heterocycles. The van der Waals surface area contributed by atoms with Gasteiger partial charge in [-0.1, -0.05) is 12.5 Å². The average molecular weight is 232 g/mol. The van der Waals surface area contributed by atoms with E-state index in [2.05, 4.69) is 12.2 Å². The number of hydrogen-bond donors (Lipinski definition) is 2. The molecule has 17 heavy (non-hydrogen) atoms. The molecule has 3 N–H and O–H groups in total. The van der Waals surface area contributed by atoms with Crippen molar-refractivity contribution in [1.29, 1.82) is 0 Å². The van der Waals surface area contributed by atoms with E-state index in [0.29, 0.717) is 0 Å². The molecule has 3 heteroatoms. The molecule has 0 radical (unpaired) electrons. The van der Waals surface area contributed by atoms with Crippen molar-refractivity contribution in [3.63, 3.8) is 0 Å². The topological polar surface area (TPSA) is 55.1 Å². The second kappa shape index (κ2) is 4.88. The van der Waals surface area contributed by atoms with Crippen LogP contribution in [-0.2, 0) is 4.79 Å². The van der Waals surface area contributed by atoms with Gasteiger partial charge in [0.15, 0.2) is 0 Å². The smallest absolute Gasteiger partial charge is 0.229 e. The third-order valence-corrected chi connectivity index (χ3v) is 3.68. The zero-order valence-corrected chi connectivity index (χ0v) is 10.5. The van der Waals surface area contributed by atoms with E-state index in [1.807, 2.05) is 25.1 Å². The SMILES string of the molecule is Cc1ccc(NC(=O)C2CCCC2N)cc1C. The third kappa shape index (κ3) is 2.67. The number of amides is 1.